The van der Waals surface area contributed by atoms with E-state index in [1.165, 1.54) is 6.92 Å². The van der Waals surface area contributed by atoms with E-state index in [9.17, 15) is 14.4 Å². The van der Waals surface area contributed by atoms with Crippen molar-refractivity contribution in [1.82, 2.24) is 4.90 Å². The Morgan fingerprint density at radius 3 is 2.50 bits per heavy atom. The first-order valence-corrected chi connectivity index (χ1v) is 7.88. The molecule has 0 bridgehead atoms. The van der Waals surface area contributed by atoms with Crippen molar-refractivity contribution in [1.29, 1.82) is 0 Å². The molecule has 2 atom stereocenters. The Kier molecular flexibility index (Phi) is 8.67. The van der Waals surface area contributed by atoms with Crippen LogP contribution in [0.3, 0.4) is 0 Å². The molecule has 4 N–H and O–H groups in total. The molecule has 0 fully saturated rings. The molecule has 0 saturated carbocycles. The molecule has 0 aliphatic rings. The van der Waals surface area contributed by atoms with Crippen molar-refractivity contribution >= 4 is 18.1 Å². The number of carbonyl (C=O) groups is 2. The van der Waals surface area contributed by atoms with Crippen LogP contribution in [0.5, 0.6) is 5.75 Å². The summed E-state index contributed by atoms with van der Waals surface area (Å²) in [6.45, 7) is 1.56. The van der Waals surface area contributed by atoms with Gasteiger partial charge in [-0.25, -0.2) is 0 Å². The molecule has 1 aromatic rings. The molecule has 2 amide bonds. The van der Waals surface area contributed by atoms with E-state index in [1.807, 2.05) is 6.07 Å². The highest BCUT2D eigenvalue weighted by atomic mass is 16.5. The molecule has 0 aromatic heterocycles. The van der Waals surface area contributed by atoms with E-state index in [2.05, 4.69) is 0 Å². The smallest absolute Gasteiger partial charge is 0.267 e. The number of hydrogen-bond acceptors (Lipinski definition) is 6. The maximum atomic E-state index is 12.4. The van der Waals surface area contributed by atoms with E-state index in [0.29, 0.717) is 25.1 Å². The van der Waals surface area contributed by atoms with Gasteiger partial charge in [-0.1, -0.05) is 24.6 Å². The van der Waals surface area contributed by atoms with Gasteiger partial charge in [0.1, 0.15) is 11.8 Å². The number of hydrogen-bond donors (Lipinski definition) is 2. The number of ether oxygens (including phenoxy) is 1. The van der Waals surface area contributed by atoms with Gasteiger partial charge in [0.05, 0.1) is 6.04 Å². The highest BCUT2D eigenvalue weighted by Crippen LogP contribution is 2.10. The van der Waals surface area contributed by atoms with Gasteiger partial charge in [0.2, 0.25) is 12.2 Å². The number of nitrogens with two attached hydrogens (primary N) is 2. The highest BCUT2D eigenvalue weighted by molar-refractivity contribution is 6.00. The number of para-hydroxylation sites is 1. The summed E-state index contributed by atoms with van der Waals surface area (Å²) in [5.74, 6) is -0.744. The lowest BCUT2D eigenvalue weighted by atomic mass is 10.1. The average molecular weight is 334 g/mol. The van der Waals surface area contributed by atoms with Crippen LogP contribution in [-0.4, -0.2) is 48.2 Å². The lowest BCUT2D eigenvalue weighted by Gasteiger charge is -2.26. The Morgan fingerprint density at radius 1 is 1.25 bits per heavy atom. The maximum absolute atomic E-state index is 12.4. The van der Waals surface area contributed by atoms with Crippen molar-refractivity contribution in [3.05, 3.63) is 30.3 Å². The average Bonchev–Trinajstić information content (AvgIpc) is 2.60. The second kappa shape index (κ2) is 10.5. The van der Waals surface area contributed by atoms with Crippen LogP contribution in [0.25, 0.3) is 0 Å². The number of benzene rings is 1. The van der Waals surface area contributed by atoms with Gasteiger partial charge in [0, 0.05) is 0 Å². The Bertz CT molecular complexity index is 536. The number of unbranched alkanes of at least 4 members (excludes halogenated alkanes) is 1. The van der Waals surface area contributed by atoms with Gasteiger partial charge >= 0.3 is 0 Å². The summed E-state index contributed by atoms with van der Waals surface area (Å²) in [6.07, 6.45) is 3.45. The number of amides is 2. The summed E-state index contributed by atoms with van der Waals surface area (Å²) in [5, 5.41) is 0. The van der Waals surface area contributed by atoms with E-state index in [4.69, 9.17) is 16.2 Å². The second-order valence-corrected chi connectivity index (χ2v) is 5.39. The van der Waals surface area contributed by atoms with Gasteiger partial charge in [-0.2, -0.15) is 0 Å². The van der Waals surface area contributed by atoms with E-state index in [1.54, 1.807) is 30.6 Å². The molecule has 7 nitrogen and oxygen atoms in total. The van der Waals surface area contributed by atoms with Crippen molar-refractivity contribution < 1.29 is 19.1 Å². The van der Waals surface area contributed by atoms with E-state index >= 15 is 0 Å². The predicted molar refractivity (Wildman–Crippen MR) is 89.8 cm³/mol. The molecule has 0 heterocycles. The molecule has 131 valence electrons. The number of rotatable bonds is 10. The van der Waals surface area contributed by atoms with Crippen LogP contribution < -0.4 is 16.2 Å². The molecule has 7 heteroatoms. The third kappa shape index (κ3) is 6.10. The summed E-state index contributed by atoms with van der Waals surface area (Å²) >= 11 is 0. The lowest BCUT2D eigenvalue weighted by Crippen LogP contribution is -2.52. The molecular weight excluding hydrogens is 310 g/mol. The fraction of sp³-hybridized carbons (Fsp3) is 0.471. The fourth-order valence-electron chi connectivity index (χ4n) is 2.12. The summed E-state index contributed by atoms with van der Waals surface area (Å²) in [6, 6.07) is 6.82. The summed E-state index contributed by atoms with van der Waals surface area (Å²) in [4.78, 5) is 36.5. The van der Waals surface area contributed by atoms with E-state index < -0.39 is 23.9 Å². The lowest BCUT2D eigenvalue weighted by molar-refractivity contribution is -0.148. The fourth-order valence-corrected chi connectivity index (χ4v) is 2.12. The highest BCUT2D eigenvalue weighted by Gasteiger charge is 2.31. The summed E-state index contributed by atoms with van der Waals surface area (Å²) < 4.78 is 5.34. The Labute approximate surface area is 141 Å². The second-order valence-electron chi connectivity index (χ2n) is 5.39. The molecule has 1 radical (unpaired) electrons. The summed E-state index contributed by atoms with van der Waals surface area (Å²) in [7, 11) is 0. The minimum absolute atomic E-state index is 0.364. The monoisotopic (exact) mass is 334 g/mol. The summed E-state index contributed by atoms with van der Waals surface area (Å²) in [5.41, 5.74) is 11.2. The van der Waals surface area contributed by atoms with Gasteiger partial charge in [0.25, 0.3) is 5.91 Å². The first kappa shape index (κ1) is 19.8. The molecule has 0 saturated heterocycles. The molecule has 0 unspecified atom stereocenters. The standard InChI is InChI=1S/C17H24N3O4/c1-13(11-21)20(17(23)15(19)9-5-6-10-18)16(22)12-24-14-7-3-2-4-8-14/h2-4,7-8,13,15H,5-6,9-10,12,18-19H2,1H3/t13-,15-/m0/s1. The molecule has 24 heavy (non-hydrogen) atoms. The van der Waals surface area contributed by atoms with Crippen molar-refractivity contribution in [3.63, 3.8) is 0 Å². The normalized spacial score (nSPS) is 13.0. The van der Waals surface area contributed by atoms with Crippen LogP contribution in [0, 0.1) is 0 Å². The topological polar surface area (TPSA) is 116 Å². The van der Waals surface area contributed by atoms with Crippen molar-refractivity contribution in [2.45, 2.75) is 38.3 Å². The zero-order valence-corrected chi connectivity index (χ0v) is 13.8. The van der Waals surface area contributed by atoms with Gasteiger partial charge in [-0.05, 0) is 38.4 Å². The van der Waals surface area contributed by atoms with Crippen LogP contribution in [0.1, 0.15) is 26.2 Å². The SMILES string of the molecule is C[C@@H]([C]=O)N(C(=O)COc1ccccc1)C(=O)[C@@H](N)CCCCN. The van der Waals surface area contributed by atoms with Crippen LogP contribution >= 0.6 is 0 Å². The molecule has 1 rings (SSSR count). The Hall–Kier alpha value is -2.25. The van der Waals surface area contributed by atoms with Gasteiger partial charge < -0.3 is 16.2 Å². The van der Waals surface area contributed by atoms with Gasteiger partial charge in [0.15, 0.2) is 6.61 Å². The maximum Gasteiger partial charge on any atom is 0.267 e. The van der Waals surface area contributed by atoms with Crippen LogP contribution in [0.2, 0.25) is 0 Å². The van der Waals surface area contributed by atoms with Gasteiger partial charge in [-0.3, -0.25) is 19.3 Å². The molecule has 0 spiro atoms. The molecular formula is C17H24N3O4. The van der Waals surface area contributed by atoms with Gasteiger partial charge in [-0.15, -0.1) is 0 Å². The van der Waals surface area contributed by atoms with Crippen molar-refractivity contribution in [2.24, 2.45) is 11.5 Å². The Morgan fingerprint density at radius 2 is 1.92 bits per heavy atom. The molecule has 0 aliphatic carbocycles. The van der Waals surface area contributed by atoms with E-state index in [-0.39, 0.29) is 6.61 Å². The van der Waals surface area contributed by atoms with Crippen LogP contribution in [-0.2, 0) is 14.4 Å². The zero-order chi connectivity index (χ0) is 17.9. The quantitative estimate of drug-likeness (QED) is 0.597. The largest absolute Gasteiger partial charge is 0.484 e. The minimum Gasteiger partial charge on any atom is -0.484 e. The number of imide groups is 1. The Balaban J connectivity index is 2.70. The van der Waals surface area contributed by atoms with Crippen molar-refractivity contribution in [2.75, 3.05) is 13.2 Å². The van der Waals surface area contributed by atoms with Crippen molar-refractivity contribution in [3.8, 4) is 5.75 Å². The van der Waals surface area contributed by atoms with Crippen LogP contribution in [0.15, 0.2) is 30.3 Å². The molecule has 0 aliphatic heterocycles. The van der Waals surface area contributed by atoms with Crippen LogP contribution in [0.4, 0.5) is 0 Å². The number of nitrogens with zero attached hydrogens (tertiary/aromatic N) is 1. The predicted octanol–water partition coefficient (Wildman–Crippen LogP) is 0.375. The zero-order valence-electron chi connectivity index (χ0n) is 13.8. The first-order valence-electron chi connectivity index (χ1n) is 7.88. The number of carbonyl (C=O) groups excluding carboxylic acids is 3. The third-order valence-corrected chi connectivity index (χ3v) is 3.46. The minimum atomic E-state index is -1.02. The first-order chi connectivity index (χ1) is 11.5. The third-order valence-electron chi connectivity index (χ3n) is 3.46. The van der Waals surface area contributed by atoms with E-state index in [0.717, 1.165) is 11.3 Å². The molecule has 1 aromatic carbocycles.